The molecule has 0 heterocycles. The Balaban J connectivity index is 1.87. The summed E-state index contributed by atoms with van der Waals surface area (Å²) in [4.78, 5) is 24.3. The largest absolute Gasteiger partial charge is 0.416 e. The first-order chi connectivity index (χ1) is 10.9. The van der Waals surface area contributed by atoms with Gasteiger partial charge in [0.05, 0.1) is 11.3 Å². The number of fused-ring (bicyclic) bond motifs is 1. The smallest absolute Gasteiger partial charge is 0.352 e. The molecule has 0 aliphatic heterocycles. The summed E-state index contributed by atoms with van der Waals surface area (Å²) < 4.78 is 37.6. The Bertz CT molecular complexity index is 820. The van der Waals surface area contributed by atoms with Crippen LogP contribution in [0, 0.1) is 0 Å². The Labute approximate surface area is 129 Å². The van der Waals surface area contributed by atoms with Crippen molar-refractivity contribution in [3.05, 3.63) is 77.0 Å². The van der Waals surface area contributed by atoms with E-state index in [0.717, 1.165) is 18.2 Å². The van der Waals surface area contributed by atoms with Crippen molar-refractivity contribution in [1.82, 2.24) is 0 Å². The van der Waals surface area contributed by atoms with Crippen molar-refractivity contribution in [2.45, 2.75) is 6.18 Å². The highest BCUT2D eigenvalue weighted by Gasteiger charge is 2.30. The van der Waals surface area contributed by atoms with Gasteiger partial charge in [0, 0.05) is 22.9 Å². The second-order valence-corrected chi connectivity index (χ2v) is 5.00. The van der Waals surface area contributed by atoms with Crippen LogP contribution in [0.2, 0.25) is 0 Å². The van der Waals surface area contributed by atoms with Gasteiger partial charge >= 0.3 is 6.18 Å². The molecule has 1 N–H and O–H groups in total. The molecule has 0 fully saturated rings. The van der Waals surface area contributed by atoms with E-state index < -0.39 is 11.7 Å². The molecule has 0 spiro atoms. The van der Waals surface area contributed by atoms with Gasteiger partial charge in [-0.15, -0.1) is 0 Å². The molecule has 116 valence electrons. The average molecular weight is 317 g/mol. The van der Waals surface area contributed by atoms with Crippen molar-refractivity contribution in [3.8, 4) is 0 Å². The van der Waals surface area contributed by atoms with E-state index in [9.17, 15) is 22.8 Å². The van der Waals surface area contributed by atoms with Gasteiger partial charge in [0.25, 0.3) is 0 Å². The van der Waals surface area contributed by atoms with Crippen LogP contribution in [0.15, 0.2) is 60.3 Å². The van der Waals surface area contributed by atoms with Crippen molar-refractivity contribution in [2.75, 3.05) is 5.32 Å². The molecule has 0 saturated carbocycles. The van der Waals surface area contributed by atoms with Crippen molar-refractivity contribution in [1.29, 1.82) is 0 Å². The first-order valence-electron chi connectivity index (χ1n) is 6.70. The van der Waals surface area contributed by atoms with E-state index in [1.807, 2.05) is 0 Å². The van der Waals surface area contributed by atoms with E-state index >= 15 is 0 Å². The van der Waals surface area contributed by atoms with Crippen molar-refractivity contribution < 1.29 is 22.8 Å². The van der Waals surface area contributed by atoms with Crippen LogP contribution in [-0.2, 0) is 6.18 Å². The number of hydrogen-bond acceptors (Lipinski definition) is 3. The minimum absolute atomic E-state index is 0.0356. The maximum Gasteiger partial charge on any atom is 0.416 e. The first-order valence-corrected chi connectivity index (χ1v) is 6.70. The topological polar surface area (TPSA) is 46.2 Å². The van der Waals surface area contributed by atoms with E-state index in [-0.39, 0.29) is 22.8 Å². The number of ketones is 2. The van der Waals surface area contributed by atoms with E-state index in [4.69, 9.17) is 0 Å². The minimum Gasteiger partial charge on any atom is -0.352 e. The second kappa shape index (κ2) is 5.39. The average Bonchev–Trinajstić information content (AvgIpc) is 2.52. The van der Waals surface area contributed by atoms with Gasteiger partial charge in [-0.2, -0.15) is 13.2 Å². The number of carbonyl (C=O) groups is 2. The molecule has 0 radical (unpaired) electrons. The highest BCUT2D eigenvalue weighted by Crippen LogP contribution is 2.30. The Morgan fingerprint density at radius 3 is 2.04 bits per heavy atom. The van der Waals surface area contributed by atoms with Gasteiger partial charge in [-0.1, -0.05) is 24.3 Å². The summed E-state index contributed by atoms with van der Waals surface area (Å²) in [6.07, 6.45) is -3.27. The molecular formula is C17H10F3NO2. The van der Waals surface area contributed by atoms with E-state index in [1.165, 1.54) is 18.2 Å². The van der Waals surface area contributed by atoms with Crippen LogP contribution in [0.25, 0.3) is 0 Å². The van der Waals surface area contributed by atoms with Crippen LogP contribution < -0.4 is 5.32 Å². The molecule has 3 rings (SSSR count). The van der Waals surface area contributed by atoms with Crippen molar-refractivity contribution in [2.24, 2.45) is 0 Å². The lowest BCUT2D eigenvalue weighted by Crippen LogP contribution is -2.21. The summed E-state index contributed by atoms with van der Waals surface area (Å²) in [5.41, 5.74) is 0.136. The fourth-order valence-electron chi connectivity index (χ4n) is 2.31. The third-order valence-electron chi connectivity index (χ3n) is 3.45. The Morgan fingerprint density at radius 1 is 0.826 bits per heavy atom. The highest BCUT2D eigenvalue weighted by molar-refractivity contribution is 6.25. The number of Topliss-reactive ketones (excluding diaryl/α,β-unsaturated/α-hetero) is 1. The lowest BCUT2D eigenvalue weighted by atomic mass is 9.92. The van der Waals surface area contributed by atoms with Gasteiger partial charge in [-0.25, -0.2) is 0 Å². The van der Waals surface area contributed by atoms with Crippen LogP contribution in [0.5, 0.6) is 0 Å². The van der Waals surface area contributed by atoms with E-state index in [0.29, 0.717) is 11.3 Å². The molecule has 0 saturated heterocycles. The summed E-state index contributed by atoms with van der Waals surface area (Å²) >= 11 is 0. The maximum absolute atomic E-state index is 12.5. The third-order valence-corrected chi connectivity index (χ3v) is 3.45. The number of nitrogens with one attached hydrogen (secondary N) is 1. The zero-order valence-electron chi connectivity index (χ0n) is 11.6. The standard InChI is InChI=1S/C17H10F3NO2/c18-17(19,20)10-5-7-11(8-6-10)21-14-9-15(22)12-3-1-2-4-13(12)16(14)23/h1-9,21H. The first kappa shape index (κ1) is 15.0. The summed E-state index contributed by atoms with van der Waals surface area (Å²) in [6.45, 7) is 0. The van der Waals surface area contributed by atoms with Crippen LogP contribution in [0.3, 0.4) is 0 Å². The van der Waals surface area contributed by atoms with Gasteiger partial charge in [0.2, 0.25) is 5.78 Å². The normalized spacial score (nSPS) is 14.3. The number of hydrogen-bond donors (Lipinski definition) is 1. The molecule has 0 aromatic heterocycles. The molecule has 23 heavy (non-hydrogen) atoms. The molecule has 0 atom stereocenters. The van der Waals surface area contributed by atoms with Crippen LogP contribution in [-0.4, -0.2) is 11.6 Å². The van der Waals surface area contributed by atoms with Gasteiger partial charge in [0.15, 0.2) is 5.78 Å². The fourth-order valence-corrected chi connectivity index (χ4v) is 2.31. The van der Waals surface area contributed by atoms with Crippen molar-refractivity contribution in [3.63, 3.8) is 0 Å². The zero-order valence-corrected chi connectivity index (χ0v) is 11.6. The predicted molar refractivity (Wildman–Crippen MR) is 78.3 cm³/mol. The van der Waals surface area contributed by atoms with Crippen LogP contribution in [0.1, 0.15) is 26.3 Å². The molecule has 6 heteroatoms. The van der Waals surface area contributed by atoms with Gasteiger partial charge in [-0.3, -0.25) is 9.59 Å². The quantitative estimate of drug-likeness (QED) is 0.908. The van der Waals surface area contributed by atoms with Crippen LogP contribution >= 0.6 is 0 Å². The third kappa shape index (κ3) is 2.88. The Kier molecular flexibility index (Phi) is 3.52. The second-order valence-electron chi connectivity index (χ2n) is 5.00. The number of alkyl halides is 3. The molecule has 2 aromatic rings. The van der Waals surface area contributed by atoms with E-state index in [2.05, 4.69) is 5.32 Å². The molecule has 2 aromatic carbocycles. The zero-order chi connectivity index (χ0) is 16.6. The predicted octanol–water partition coefficient (Wildman–Crippen LogP) is 4.08. The number of anilines is 1. The number of rotatable bonds is 2. The number of halogens is 3. The molecule has 1 aliphatic rings. The molecule has 0 unspecified atom stereocenters. The lowest BCUT2D eigenvalue weighted by Gasteiger charge is -2.16. The van der Waals surface area contributed by atoms with Crippen molar-refractivity contribution >= 4 is 17.3 Å². The maximum atomic E-state index is 12.5. The van der Waals surface area contributed by atoms with Crippen LogP contribution in [0.4, 0.5) is 18.9 Å². The minimum atomic E-state index is -4.42. The molecule has 0 bridgehead atoms. The number of carbonyl (C=O) groups excluding carboxylic acids is 2. The lowest BCUT2D eigenvalue weighted by molar-refractivity contribution is -0.137. The summed E-state index contributed by atoms with van der Waals surface area (Å²) in [6, 6.07) is 10.6. The molecule has 1 aliphatic carbocycles. The molecular weight excluding hydrogens is 307 g/mol. The summed E-state index contributed by atoms with van der Waals surface area (Å²) in [5.74, 6) is -0.699. The fraction of sp³-hybridized carbons (Fsp3) is 0.0588. The monoisotopic (exact) mass is 317 g/mol. The van der Waals surface area contributed by atoms with Gasteiger partial charge in [0.1, 0.15) is 0 Å². The number of benzene rings is 2. The summed E-state index contributed by atoms with van der Waals surface area (Å²) in [7, 11) is 0. The summed E-state index contributed by atoms with van der Waals surface area (Å²) in [5, 5.41) is 2.70. The van der Waals surface area contributed by atoms with Gasteiger partial charge in [-0.05, 0) is 24.3 Å². The molecule has 3 nitrogen and oxygen atoms in total. The van der Waals surface area contributed by atoms with Gasteiger partial charge < -0.3 is 5.32 Å². The molecule has 0 amide bonds. The highest BCUT2D eigenvalue weighted by atomic mass is 19.4. The Morgan fingerprint density at radius 2 is 1.43 bits per heavy atom. The SMILES string of the molecule is O=C1C=C(Nc2ccc(C(F)(F)F)cc2)C(=O)c2ccccc21. The number of allylic oxidation sites excluding steroid dienone is 2. The Hall–Kier alpha value is -2.89. The van der Waals surface area contributed by atoms with E-state index in [1.54, 1.807) is 18.2 Å².